The smallest absolute Gasteiger partial charge is 0.310 e. The Morgan fingerprint density at radius 1 is 1.44 bits per heavy atom. The number of nitrogens with zero attached hydrogens (tertiary/aromatic N) is 1. The second kappa shape index (κ2) is 4.47. The highest BCUT2D eigenvalue weighted by molar-refractivity contribution is 7.91. The molecule has 0 aromatic rings. The number of carbonyl (C=O) groups is 1. The highest BCUT2D eigenvalue weighted by Gasteiger charge is 2.49. The first-order chi connectivity index (χ1) is 8.30. The van der Waals surface area contributed by atoms with Crippen molar-refractivity contribution in [2.45, 2.75) is 31.9 Å². The number of carboxylic acid groups (broad SMARTS) is 1. The van der Waals surface area contributed by atoms with Gasteiger partial charge in [-0.1, -0.05) is 6.92 Å². The molecule has 0 spiro atoms. The Kier molecular flexibility index (Phi) is 3.42. The van der Waals surface area contributed by atoms with Crippen molar-refractivity contribution in [1.29, 1.82) is 0 Å². The second-order valence-corrected chi connectivity index (χ2v) is 7.52. The van der Waals surface area contributed by atoms with Crippen molar-refractivity contribution in [3.05, 3.63) is 0 Å². The summed E-state index contributed by atoms with van der Waals surface area (Å²) in [5, 5.41) is 19.1. The zero-order valence-corrected chi connectivity index (χ0v) is 11.2. The van der Waals surface area contributed by atoms with Crippen LogP contribution in [0.2, 0.25) is 0 Å². The summed E-state index contributed by atoms with van der Waals surface area (Å²) in [4.78, 5) is 13.1. The summed E-state index contributed by atoms with van der Waals surface area (Å²) >= 11 is 0. The minimum atomic E-state index is -3.19. The summed E-state index contributed by atoms with van der Waals surface area (Å²) in [6.07, 6.45) is 0.146. The van der Waals surface area contributed by atoms with Crippen LogP contribution >= 0.6 is 0 Å². The van der Waals surface area contributed by atoms with E-state index in [0.29, 0.717) is 25.9 Å². The predicted octanol–water partition coefficient (Wildman–Crippen LogP) is -0.669. The van der Waals surface area contributed by atoms with Gasteiger partial charge in [0, 0.05) is 6.54 Å². The summed E-state index contributed by atoms with van der Waals surface area (Å²) in [5.74, 6) is -1.10. The van der Waals surface area contributed by atoms with Crippen molar-refractivity contribution in [3.8, 4) is 0 Å². The Balaban J connectivity index is 2.12. The zero-order valence-electron chi connectivity index (χ0n) is 10.4. The van der Waals surface area contributed by atoms with Crippen molar-refractivity contribution in [2.24, 2.45) is 5.41 Å². The van der Waals surface area contributed by atoms with Gasteiger partial charge in [-0.2, -0.15) is 0 Å². The van der Waals surface area contributed by atoms with Crippen molar-refractivity contribution in [3.63, 3.8) is 0 Å². The van der Waals surface area contributed by atoms with E-state index in [2.05, 4.69) is 0 Å². The molecule has 0 saturated carbocycles. The van der Waals surface area contributed by atoms with Gasteiger partial charge in [-0.3, -0.25) is 9.69 Å². The number of rotatable bonds is 3. The van der Waals surface area contributed by atoms with E-state index < -0.39 is 33.4 Å². The SMILES string of the molecule is CCC1(C(=O)O)CCN(C2CS(=O)(=O)CC2O)C1. The molecule has 2 heterocycles. The van der Waals surface area contributed by atoms with Gasteiger partial charge in [0.15, 0.2) is 9.84 Å². The van der Waals surface area contributed by atoms with Crippen LogP contribution in [0.4, 0.5) is 0 Å². The van der Waals surface area contributed by atoms with Crippen molar-refractivity contribution >= 4 is 15.8 Å². The third-order valence-electron chi connectivity index (χ3n) is 4.28. The molecule has 2 saturated heterocycles. The second-order valence-electron chi connectivity index (χ2n) is 5.37. The molecule has 0 radical (unpaired) electrons. The monoisotopic (exact) mass is 277 g/mol. The Morgan fingerprint density at radius 2 is 2.11 bits per heavy atom. The number of aliphatic hydroxyl groups excluding tert-OH is 1. The molecule has 2 aliphatic heterocycles. The Hall–Kier alpha value is -0.660. The Bertz CT molecular complexity index is 448. The maximum atomic E-state index is 11.5. The predicted molar refractivity (Wildman–Crippen MR) is 65.0 cm³/mol. The summed E-state index contributed by atoms with van der Waals surface area (Å²) < 4.78 is 22.9. The van der Waals surface area contributed by atoms with E-state index in [0.717, 1.165) is 0 Å². The molecule has 3 unspecified atom stereocenters. The average molecular weight is 277 g/mol. The highest BCUT2D eigenvalue weighted by Crippen LogP contribution is 2.36. The minimum Gasteiger partial charge on any atom is -0.481 e. The molecule has 0 bridgehead atoms. The number of sulfone groups is 1. The fourth-order valence-corrected chi connectivity index (χ4v) is 4.79. The molecule has 3 atom stereocenters. The van der Waals surface area contributed by atoms with E-state index in [1.54, 1.807) is 0 Å². The zero-order chi connectivity index (χ0) is 13.6. The van der Waals surface area contributed by atoms with Crippen LogP contribution < -0.4 is 0 Å². The van der Waals surface area contributed by atoms with Gasteiger partial charge >= 0.3 is 5.97 Å². The average Bonchev–Trinajstić information content (AvgIpc) is 2.80. The Labute approximate surface area is 107 Å². The van der Waals surface area contributed by atoms with Gasteiger partial charge in [0.1, 0.15) is 0 Å². The normalized spacial score (nSPS) is 40.1. The Morgan fingerprint density at radius 3 is 2.50 bits per heavy atom. The van der Waals surface area contributed by atoms with Crippen LogP contribution in [-0.4, -0.2) is 66.2 Å². The standard InChI is InChI=1S/C11H19NO5S/c1-2-11(10(14)15)3-4-12(7-11)8-5-18(16,17)6-9(8)13/h8-9,13H,2-7H2,1H3,(H,14,15). The highest BCUT2D eigenvalue weighted by atomic mass is 32.2. The summed E-state index contributed by atoms with van der Waals surface area (Å²) in [6.45, 7) is 2.70. The molecule has 2 aliphatic rings. The molecule has 2 N–H and O–H groups in total. The summed E-state index contributed by atoms with van der Waals surface area (Å²) in [6, 6.07) is -0.442. The minimum absolute atomic E-state index is 0.0619. The van der Waals surface area contributed by atoms with Gasteiger partial charge in [0.2, 0.25) is 0 Å². The fourth-order valence-electron chi connectivity index (χ4n) is 2.96. The maximum Gasteiger partial charge on any atom is 0.310 e. The molecule has 18 heavy (non-hydrogen) atoms. The first kappa shape index (κ1) is 13.8. The molecule has 7 heteroatoms. The molecule has 104 valence electrons. The molecule has 0 amide bonds. The number of hydrogen-bond acceptors (Lipinski definition) is 5. The molecule has 0 aromatic heterocycles. The van der Waals surface area contributed by atoms with E-state index in [-0.39, 0.29) is 11.5 Å². The van der Waals surface area contributed by atoms with E-state index >= 15 is 0 Å². The lowest BCUT2D eigenvalue weighted by Gasteiger charge is -2.28. The quantitative estimate of drug-likeness (QED) is 0.710. The van der Waals surface area contributed by atoms with Crippen molar-refractivity contribution < 1.29 is 23.4 Å². The van der Waals surface area contributed by atoms with Gasteiger partial charge in [-0.15, -0.1) is 0 Å². The van der Waals surface area contributed by atoms with Crippen LogP contribution in [0.25, 0.3) is 0 Å². The lowest BCUT2D eigenvalue weighted by molar-refractivity contribution is -0.148. The lowest BCUT2D eigenvalue weighted by atomic mass is 9.84. The van der Waals surface area contributed by atoms with Crippen LogP contribution in [0.1, 0.15) is 19.8 Å². The third-order valence-corrected chi connectivity index (χ3v) is 5.98. The van der Waals surface area contributed by atoms with Crippen molar-refractivity contribution in [1.82, 2.24) is 4.90 Å². The number of hydrogen-bond donors (Lipinski definition) is 2. The molecule has 6 nitrogen and oxygen atoms in total. The van der Waals surface area contributed by atoms with Gasteiger partial charge < -0.3 is 10.2 Å². The summed E-state index contributed by atoms with van der Waals surface area (Å²) in [5.41, 5.74) is -0.786. The number of aliphatic hydroxyl groups is 1. The molecule has 0 aliphatic carbocycles. The van der Waals surface area contributed by atoms with Crippen LogP contribution in [-0.2, 0) is 14.6 Å². The molecule has 2 rings (SSSR count). The topological polar surface area (TPSA) is 94.9 Å². The van der Waals surface area contributed by atoms with Crippen molar-refractivity contribution in [2.75, 3.05) is 24.6 Å². The molecular formula is C11H19NO5S. The first-order valence-electron chi connectivity index (χ1n) is 6.15. The largest absolute Gasteiger partial charge is 0.481 e. The van der Waals surface area contributed by atoms with E-state index in [1.807, 2.05) is 11.8 Å². The van der Waals surface area contributed by atoms with E-state index in [1.165, 1.54) is 0 Å². The van der Waals surface area contributed by atoms with E-state index in [9.17, 15) is 23.4 Å². The van der Waals surface area contributed by atoms with Gasteiger partial charge in [0.05, 0.1) is 29.1 Å². The first-order valence-corrected chi connectivity index (χ1v) is 7.98. The number of carboxylic acids is 1. The van der Waals surface area contributed by atoms with Crippen LogP contribution in [0, 0.1) is 5.41 Å². The molecular weight excluding hydrogens is 258 g/mol. The van der Waals surface area contributed by atoms with Crippen LogP contribution in [0.3, 0.4) is 0 Å². The number of likely N-dealkylation sites (tertiary alicyclic amines) is 1. The number of aliphatic carboxylic acids is 1. The fraction of sp³-hybridized carbons (Fsp3) is 0.909. The molecule has 2 fully saturated rings. The molecule has 0 aromatic carbocycles. The van der Waals surface area contributed by atoms with Gasteiger partial charge in [0.25, 0.3) is 0 Å². The lowest BCUT2D eigenvalue weighted by Crippen LogP contribution is -2.44. The summed E-state index contributed by atoms with van der Waals surface area (Å²) in [7, 11) is -3.19. The van der Waals surface area contributed by atoms with Crippen LogP contribution in [0.15, 0.2) is 0 Å². The van der Waals surface area contributed by atoms with E-state index in [4.69, 9.17) is 0 Å². The van der Waals surface area contributed by atoms with Crippen LogP contribution in [0.5, 0.6) is 0 Å². The third kappa shape index (κ3) is 2.26. The maximum absolute atomic E-state index is 11.5. The van der Waals surface area contributed by atoms with Gasteiger partial charge in [-0.25, -0.2) is 8.42 Å². The van der Waals surface area contributed by atoms with Gasteiger partial charge in [-0.05, 0) is 19.4 Å².